The third-order valence-electron chi connectivity index (χ3n) is 3.48. The zero-order valence-electron chi connectivity index (χ0n) is 11.3. The summed E-state index contributed by atoms with van der Waals surface area (Å²) in [6.07, 6.45) is 0.977. The Morgan fingerprint density at radius 1 is 1.42 bits per heavy atom. The molecule has 2 atom stereocenters. The summed E-state index contributed by atoms with van der Waals surface area (Å²) in [5.74, 6) is 0.158. The van der Waals surface area contributed by atoms with E-state index in [4.69, 9.17) is 17.3 Å². The summed E-state index contributed by atoms with van der Waals surface area (Å²) in [5.41, 5.74) is 6.14. The average molecular weight is 302 g/mol. The molecule has 19 heavy (non-hydrogen) atoms. The topological polar surface area (TPSA) is 49.6 Å². The van der Waals surface area contributed by atoms with Gasteiger partial charge in [-0.25, -0.2) is 0 Å². The lowest BCUT2D eigenvalue weighted by Crippen LogP contribution is -2.42. The molecule has 0 spiro atoms. The van der Waals surface area contributed by atoms with Crippen molar-refractivity contribution in [3.05, 3.63) is 21.3 Å². The monoisotopic (exact) mass is 301 g/mol. The van der Waals surface area contributed by atoms with Gasteiger partial charge in [0.15, 0.2) is 0 Å². The van der Waals surface area contributed by atoms with Gasteiger partial charge in [0.05, 0.1) is 16.9 Å². The predicted molar refractivity (Wildman–Crippen MR) is 79.5 cm³/mol. The number of halogens is 1. The van der Waals surface area contributed by atoms with Gasteiger partial charge in [-0.3, -0.25) is 9.69 Å². The summed E-state index contributed by atoms with van der Waals surface area (Å²) in [7, 11) is 1.86. The van der Waals surface area contributed by atoms with Gasteiger partial charge in [-0.15, -0.1) is 11.3 Å². The Morgan fingerprint density at radius 2 is 2.16 bits per heavy atom. The van der Waals surface area contributed by atoms with Gasteiger partial charge in [-0.2, -0.15) is 0 Å². The molecule has 2 unspecified atom stereocenters. The third-order valence-corrected chi connectivity index (χ3v) is 4.78. The zero-order valence-corrected chi connectivity index (χ0v) is 12.9. The van der Waals surface area contributed by atoms with Crippen molar-refractivity contribution >= 4 is 28.8 Å². The Balaban J connectivity index is 2.21. The summed E-state index contributed by atoms with van der Waals surface area (Å²) < 4.78 is 0.763. The highest BCUT2D eigenvalue weighted by molar-refractivity contribution is 7.16. The summed E-state index contributed by atoms with van der Waals surface area (Å²) >= 11 is 7.56. The molecule has 6 heteroatoms. The first-order chi connectivity index (χ1) is 8.99. The van der Waals surface area contributed by atoms with Crippen molar-refractivity contribution in [2.24, 2.45) is 5.73 Å². The van der Waals surface area contributed by atoms with Crippen molar-refractivity contribution in [1.29, 1.82) is 0 Å². The van der Waals surface area contributed by atoms with Crippen molar-refractivity contribution in [3.63, 3.8) is 0 Å². The van der Waals surface area contributed by atoms with E-state index in [-0.39, 0.29) is 18.0 Å². The van der Waals surface area contributed by atoms with Gasteiger partial charge in [0.2, 0.25) is 5.91 Å². The number of hydrogen-bond donors (Lipinski definition) is 1. The van der Waals surface area contributed by atoms with E-state index in [1.165, 1.54) is 0 Å². The lowest BCUT2D eigenvalue weighted by atomic mass is 10.1. The smallest absolute Gasteiger partial charge is 0.236 e. The van der Waals surface area contributed by atoms with Crippen LogP contribution in [-0.4, -0.2) is 48.4 Å². The Bertz CT molecular complexity index is 449. The Morgan fingerprint density at radius 3 is 2.74 bits per heavy atom. The first kappa shape index (κ1) is 14.8. The number of hydrogen-bond acceptors (Lipinski definition) is 4. The summed E-state index contributed by atoms with van der Waals surface area (Å²) in [5, 5.41) is 0. The molecule has 2 heterocycles. The third kappa shape index (κ3) is 3.48. The number of carbonyl (C=O) groups excluding carboxylic acids is 1. The van der Waals surface area contributed by atoms with Crippen LogP contribution >= 0.6 is 22.9 Å². The van der Waals surface area contributed by atoms with Crippen LogP contribution in [0.5, 0.6) is 0 Å². The number of amides is 1. The standard InChI is InChI=1S/C13H20ClN3OS/c1-9(15)13(10-4-5-11(14)19-10)17-7-3-6-16(2)12(18)8-17/h4-5,9,13H,3,6-8,15H2,1-2H3. The minimum absolute atomic E-state index is 0.0362. The fourth-order valence-corrected chi connectivity index (χ4v) is 3.82. The number of nitrogens with two attached hydrogens (primary N) is 1. The van der Waals surface area contributed by atoms with Crippen molar-refractivity contribution in [1.82, 2.24) is 9.80 Å². The molecule has 1 fully saturated rings. The second-order valence-corrected chi connectivity index (χ2v) is 6.83. The minimum atomic E-state index is -0.0362. The maximum Gasteiger partial charge on any atom is 0.236 e. The zero-order chi connectivity index (χ0) is 14.0. The molecule has 0 radical (unpaired) electrons. The summed E-state index contributed by atoms with van der Waals surface area (Å²) in [6.45, 7) is 4.11. The molecule has 1 aromatic heterocycles. The van der Waals surface area contributed by atoms with Gasteiger partial charge in [-0.1, -0.05) is 11.6 Å². The van der Waals surface area contributed by atoms with E-state index in [2.05, 4.69) is 4.90 Å². The molecule has 0 bridgehead atoms. The molecule has 106 valence electrons. The lowest BCUT2D eigenvalue weighted by molar-refractivity contribution is -0.130. The maximum atomic E-state index is 12.0. The van der Waals surface area contributed by atoms with Gasteiger partial charge in [0.25, 0.3) is 0 Å². The molecule has 2 rings (SSSR count). The minimum Gasteiger partial charge on any atom is -0.345 e. The van der Waals surface area contributed by atoms with E-state index in [9.17, 15) is 4.79 Å². The van der Waals surface area contributed by atoms with Gasteiger partial charge in [0.1, 0.15) is 0 Å². The number of thiophene rings is 1. The lowest BCUT2D eigenvalue weighted by Gasteiger charge is -2.32. The molecule has 4 nitrogen and oxygen atoms in total. The van der Waals surface area contributed by atoms with Crippen molar-refractivity contribution in [2.45, 2.75) is 25.4 Å². The fraction of sp³-hybridized carbons (Fsp3) is 0.615. The Hall–Kier alpha value is -0.620. The van der Waals surface area contributed by atoms with E-state index in [1.807, 2.05) is 26.1 Å². The largest absolute Gasteiger partial charge is 0.345 e. The summed E-state index contributed by atoms with van der Waals surface area (Å²) in [6, 6.07) is 3.93. The molecular formula is C13H20ClN3OS. The van der Waals surface area contributed by atoms with Crippen LogP contribution < -0.4 is 5.73 Å². The van der Waals surface area contributed by atoms with Crippen LogP contribution in [0.1, 0.15) is 24.3 Å². The van der Waals surface area contributed by atoms with Crippen LogP contribution in [0.15, 0.2) is 12.1 Å². The van der Waals surface area contributed by atoms with Crippen LogP contribution in [0.25, 0.3) is 0 Å². The normalized spacial score (nSPS) is 21.3. The first-order valence-corrected chi connectivity index (χ1v) is 7.67. The van der Waals surface area contributed by atoms with Gasteiger partial charge >= 0.3 is 0 Å². The molecule has 0 aromatic carbocycles. The maximum absolute atomic E-state index is 12.0. The van der Waals surface area contributed by atoms with E-state index < -0.39 is 0 Å². The average Bonchev–Trinajstić information content (AvgIpc) is 2.67. The van der Waals surface area contributed by atoms with Gasteiger partial charge in [0, 0.05) is 31.1 Å². The van der Waals surface area contributed by atoms with Crippen molar-refractivity contribution in [2.75, 3.05) is 26.7 Å². The molecule has 1 amide bonds. The molecular weight excluding hydrogens is 282 g/mol. The van der Waals surface area contributed by atoms with E-state index in [0.29, 0.717) is 6.54 Å². The highest BCUT2D eigenvalue weighted by Crippen LogP contribution is 2.32. The first-order valence-electron chi connectivity index (χ1n) is 6.48. The van der Waals surface area contributed by atoms with Gasteiger partial charge < -0.3 is 10.6 Å². The number of nitrogens with zero attached hydrogens (tertiary/aromatic N) is 2. The SMILES string of the molecule is CC(N)C(c1ccc(Cl)s1)N1CCCN(C)C(=O)C1. The van der Waals surface area contributed by atoms with E-state index in [0.717, 1.165) is 28.7 Å². The highest BCUT2D eigenvalue weighted by atomic mass is 35.5. The predicted octanol–water partition coefficient (Wildman–Crippen LogP) is 1.95. The molecule has 1 aromatic rings. The number of likely N-dealkylation sites (N-methyl/N-ethyl adjacent to an activating group) is 1. The van der Waals surface area contributed by atoms with Crippen LogP contribution in [0.2, 0.25) is 4.34 Å². The Kier molecular flexibility index (Phi) is 4.84. The summed E-state index contributed by atoms with van der Waals surface area (Å²) in [4.78, 5) is 17.1. The molecule has 0 saturated carbocycles. The van der Waals surface area contributed by atoms with Crippen molar-refractivity contribution in [3.8, 4) is 0 Å². The number of carbonyl (C=O) groups is 1. The second-order valence-electron chi connectivity index (χ2n) is 5.09. The molecule has 2 N–H and O–H groups in total. The van der Waals surface area contributed by atoms with Crippen LogP contribution in [0.4, 0.5) is 0 Å². The Labute approximate surface area is 123 Å². The van der Waals surface area contributed by atoms with E-state index >= 15 is 0 Å². The quantitative estimate of drug-likeness (QED) is 0.928. The molecule has 1 saturated heterocycles. The fourth-order valence-electron chi connectivity index (χ4n) is 2.51. The van der Waals surface area contributed by atoms with E-state index in [1.54, 1.807) is 16.2 Å². The van der Waals surface area contributed by atoms with Crippen molar-refractivity contribution < 1.29 is 4.79 Å². The van der Waals surface area contributed by atoms with Crippen LogP contribution in [0.3, 0.4) is 0 Å². The molecule has 0 aliphatic carbocycles. The van der Waals surface area contributed by atoms with Gasteiger partial charge in [-0.05, 0) is 25.5 Å². The molecule has 1 aliphatic heterocycles. The number of rotatable bonds is 3. The van der Waals surface area contributed by atoms with Crippen LogP contribution in [0, 0.1) is 0 Å². The molecule has 1 aliphatic rings. The second kappa shape index (κ2) is 6.22. The highest BCUT2D eigenvalue weighted by Gasteiger charge is 2.29. The van der Waals surface area contributed by atoms with Crippen LogP contribution in [-0.2, 0) is 4.79 Å².